The molecular formula is C22H21N3O4S. The standard InChI is InChI=1S/C22H21N3O4S/c1-25(21-23-14-18(29-21)16-5-3-2-4-6-16)11-12-28-17-9-7-15(8-10-17)13-19-20(26)24-22(27)30-19/h2-10,14,26H,11-13H2,1H3,(H,24,27). The summed E-state index contributed by atoms with van der Waals surface area (Å²) in [6, 6.07) is 18.0. The number of hydrogen-bond acceptors (Lipinski definition) is 7. The number of aromatic nitrogens is 2. The van der Waals surface area contributed by atoms with Gasteiger partial charge >= 0.3 is 4.87 Å². The Hall–Kier alpha value is -3.52. The molecule has 154 valence electrons. The van der Waals surface area contributed by atoms with Crippen LogP contribution in [0.3, 0.4) is 0 Å². The highest BCUT2D eigenvalue weighted by Gasteiger charge is 2.11. The highest BCUT2D eigenvalue weighted by Crippen LogP contribution is 2.24. The molecular weight excluding hydrogens is 402 g/mol. The van der Waals surface area contributed by atoms with Crippen molar-refractivity contribution in [3.8, 4) is 23.0 Å². The molecule has 0 aliphatic carbocycles. The Morgan fingerprint density at radius 1 is 1.17 bits per heavy atom. The minimum absolute atomic E-state index is 0.0599. The minimum Gasteiger partial charge on any atom is -0.494 e. The second-order valence-electron chi connectivity index (χ2n) is 6.75. The maximum absolute atomic E-state index is 11.3. The molecule has 0 spiro atoms. The lowest BCUT2D eigenvalue weighted by Gasteiger charge is -2.15. The average Bonchev–Trinajstić information content (AvgIpc) is 3.37. The number of benzene rings is 2. The minimum atomic E-state index is -0.256. The number of likely N-dealkylation sites (N-methyl/N-ethyl adjacent to an activating group) is 1. The summed E-state index contributed by atoms with van der Waals surface area (Å²) in [4.78, 5) is 20.3. The fourth-order valence-corrected chi connectivity index (χ4v) is 3.69. The molecule has 4 rings (SSSR count). The molecule has 7 nitrogen and oxygen atoms in total. The van der Waals surface area contributed by atoms with Crippen LogP contribution in [0.15, 0.2) is 70.0 Å². The number of H-pyrrole nitrogens is 1. The number of nitrogens with one attached hydrogen (secondary N) is 1. The van der Waals surface area contributed by atoms with Crippen LogP contribution in [-0.2, 0) is 6.42 Å². The van der Waals surface area contributed by atoms with Gasteiger partial charge in [-0.1, -0.05) is 53.8 Å². The SMILES string of the molecule is CN(CCOc1ccc(Cc2sc(=O)[nH]c2O)cc1)c1ncc(-c2ccccc2)o1. The van der Waals surface area contributed by atoms with Gasteiger partial charge in [0.2, 0.25) is 5.88 Å². The Kier molecular flexibility index (Phi) is 5.85. The highest BCUT2D eigenvalue weighted by molar-refractivity contribution is 7.09. The first-order valence-corrected chi connectivity index (χ1v) is 10.3. The van der Waals surface area contributed by atoms with Crippen molar-refractivity contribution in [3.63, 3.8) is 0 Å². The van der Waals surface area contributed by atoms with Gasteiger partial charge in [-0.2, -0.15) is 0 Å². The van der Waals surface area contributed by atoms with Crippen LogP contribution < -0.4 is 14.5 Å². The fraction of sp³-hybridized carbons (Fsp3) is 0.182. The first-order valence-electron chi connectivity index (χ1n) is 9.43. The summed E-state index contributed by atoms with van der Waals surface area (Å²) in [5.74, 6) is 1.42. The maximum Gasteiger partial charge on any atom is 0.307 e. The second-order valence-corrected chi connectivity index (χ2v) is 7.82. The smallest absolute Gasteiger partial charge is 0.307 e. The van der Waals surface area contributed by atoms with Gasteiger partial charge in [-0.3, -0.25) is 9.78 Å². The first kappa shape index (κ1) is 19.8. The largest absolute Gasteiger partial charge is 0.494 e. The molecule has 2 heterocycles. The summed E-state index contributed by atoms with van der Waals surface area (Å²) in [6.07, 6.45) is 2.21. The molecule has 2 aromatic carbocycles. The van der Waals surface area contributed by atoms with E-state index in [1.54, 1.807) is 6.20 Å². The van der Waals surface area contributed by atoms with Crippen LogP contribution >= 0.6 is 11.3 Å². The van der Waals surface area contributed by atoms with Gasteiger partial charge in [0.1, 0.15) is 12.4 Å². The molecule has 0 fully saturated rings. The van der Waals surface area contributed by atoms with E-state index in [1.165, 1.54) is 0 Å². The van der Waals surface area contributed by atoms with Gasteiger partial charge in [-0.05, 0) is 17.7 Å². The number of aromatic hydroxyl groups is 1. The summed E-state index contributed by atoms with van der Waals surface area (Å²) in [5.41, 5.74) is 1.97. The van der Waals surface area contributed by atoms with Crippen molar-refractivity contribution in [2.45, 2.75) is 6.42 Å². The Labute approximate surface area is 177 Å². The predicted molar refractivity (Wildman–Crippen MR) is 117 cm³/mol. The summed E-state index contributed by atoms with van der Waals surface area (Å²) in [6.45, 7) is 1.08. The molecule has 2 aromatic heterocycles. The lowest BCUT2D eigenvalue weighted by Crippen LogP contribution is -2.23. The van der Waals surface area contributed by atoms with Crippen LogP contribution in [0.5, 0.6) is 11.6 Å². The van der Waals surface area contributed by atoms with Crippen LogP contribution in [-0.4, -0.2) is 35.3 Å². The molecule has 0 saturated heterocycles. The third-order valence-electron chi connectivity index (χ3n) is 4.56. The lowest BCUT2D eigenvalue weighted by atomic mass is 10.1. The topological polar surface area (TPSA) is 91.6 Å². The number of hydrogen-bond donors (Lipinski definition) is 2. The van der Waals surface area contributed by atoms with E-state index in [0.29, 0.717) is 30.5 Å². The van der Waals surface area contributed by atoms with Crippen molar-refractivity contribution in [3.05, 3.63) is 80.9 Å². The summed E-state index contributed by atoms with van der Waals surface area (Å²) < 4.78 is 11.6. The maximum atomic E-state index is 11.3. The monoisotopic (exact) mass is 423 g/mol. The number of nitrogens with zero attached hydrogens (tertiary/aromatic N) is 2. The summed E-state index contributed by atoms with van der Waals surface area (Å²) in [7, 11) is 1.90. The van der Waals surface area contributed by atoms with E-state index in [2.05, 4.69) is 9.97 Å². The number of ether oxygens (including phenoxy) is 1. The zero-order valence-electron chi connectivity index (χ0n) is 16.4. The molecule has 0 amide bonds. The number of aromatic amines is 1. The van der Waals surface area contributed by atoms with Gasteiger partial charge in [-0.15, -0.1) is 0 Å². The highest BCUT2D eigenvalue weighted by atomic mass is 32.1. The number of anilines is 1. The molecule has 0 aliphatic heterocycles. The van der Waals surface area contributed by atoms with Crippen LogP contribution in [0.4, 0.5) is 6.01 Å². The normalized spacial score (nSPS) is 10.8. The Morgan fingerprint density at radius 3 is 2.63 bits per heavy atom. The van der Waals surface area contributed by atoms with Crippen molar-refractivity contribution in [2.75, 3.05) is 25.1 Å². The molecule has 0 unspecified atom stereocenters. The van der Waals surface area contributed by atoms with Crippen molar-refractivity contribution < 1.29 is 14.3 Å². The number of rotatable bonds is 8. The molecule has 2 N–H and O–H groups in total. The zero-order valence-corrected chi connectivity index (χ0v) is 17.2. The molecule has 30 heavy (non-hydrogen) atoms. The molecule has 8 heteroatoms. The van der Waals surface area contributed by atoms with E-state index >= 15 is 0 Å². The third kappa shape index (κ3) is 4.72. The Bertz CT molecular complexity index is 1150. The fourth-order valence-electron chi connectivity index (χ4n) is 2.93. The predicted octanol–water partition coefficient (Wildman–Crippen LogP) is 3.90. The zero-order chi connectivity index (χ0) is 20.9. The summed E-state index contributed by atoms with van der Waals surface area (Å²) >= 11 is 1.02. The third-order valence-corrected chi connectivity index (χ3v) is 5.43. The van der Waals surface area contributed by atoms with E-state index in [1.807, 2.05) is 66.5 Å². The van der Waals surface area contributed by atoms with Crippen LogP contribution in [0, 0.1) is 0 Å². The summed E-state index contributed by atoms with van der Waals surface area (Å²) in [5, 5.41) is 9.69. The number of thiazole rings is 1. The van der Waals surface area contributed by atoms with Crippen molar-refractivity contribution >= 4 is 17.4 Å². The first-order chi connectivity index (χ1) is 14.6. The van der Waals surface area contributed by atoms with E-state index in [-0.39, 0.29) is 10.8 Å². The van der Waals surface area contributed by atoms with Gasteiger partial charge in [0.05, 0.1) is 17.6 Å². The van der Waals surface area contributed by atoms with Crippen molar-refractivity contribution in [1.29, 1.82) is 0 Å². The van der Waals surface area contributed by atoms with E-state index < -0.39 is 0 Å². The number of oxazole rings is 1. The van der Waals surface area contributed by atoms with Gasteiger partial charge < -0.3 is 19.2 Å². The van der Waals surface area contributed by atoms with E-state index in [4.69, 9.17) is 9.15 Å². The molecule has 0 aliphatic rings. The Balaban J connectivity index is 1.28. The average molecular weight is 423 g/mol. The van der Waals surface area contributed by atoms with E-state index in [9.17, 15) is 9.90 Å². The van der Waals surface area contributed by atoms with Gasteiger partial charge in [-0.25, -0.2) is 4.98 Å². The van der Waals surface area contributed by atoms with Crippen LogP contribution in [0.25, 0.3) is 11.3 Å². The molecule has 0 radical (unpaired) electrons. The van der Waals surface area contributed by atoms with Crippen molar-refractivity contribution in [2.24, 2.45) is 0 Å². The molecule has 4 aromatic rings. The van der Waals surface area contributed by atoms with Crippen molar-refractivity contribution in [1.82, 2.24) is 9.97 Å². The quantitative estimate of drug-likeness (QED) is 0.447. The van der Waals surface area contributed by atoms with Crippen LogP contribution in [0.1, 0.15) is 10.4 Å². The van der Waals surface area contributed by atoms with Gasteiger partial charge in [0.15, 0.2) is 5.76 Å². The van der Waals surface area contributed by atoms with Crippen LogP contribution in [0.2, 0.25) is 0 Å². The molecule has 0 saturated carbocycles. The molecule has 0 bridgehead atoms. The van der Waals surface area contributed by atoms with Gasteiger partial charge in [0, 0.05) is 19.0 Å². The lowest BCUT2D eigenvalue weighted by molar-refractivity contribution is 0.323. The Morgan fingerprint density at radius 2 is 1.93 bits per heavy atom. The molecule has 0 atom stereocenters. The van der Waals surface area contributed by atoms with E-state index in [0.717, 1.165) is 34.0 Å². The second kappa shape index (κ2) is 8.87. The van der Waals surface area contributed by atoms with Gasteiger partial charge in [0.25, 0.3) is 6.01 Å².